The molecule has 0 saturated carbocycles. The van der Waals surface area contributed by atoms with E-state index in [1.54, 1.807) is 0 Å². The van der Waals surface area contributed by atoms with Gasteiger partial charge in [0.1, 0.15) is 0 Å². The van der Waals surface area contributed by atoms with Crippen LogP contribution in [0.4, 0.5) is 0 Å². The molecule has 0 aliphatic carbocycles. The molecule has 2 heterocycles. The van der Waals surface area contributed by atoms with Gasteiger partial charge in [0.05, 0.1) is 0 Å². The molecule has 0 aromatic heterocycles. The Bertz CT molecular complexity index is 444. The van der Waals surface area contributed by atoms with E-state index in [1.807, 2.05) is 0 Å². The molecule has 0 radical (unpaired) electrons. The highest BCUT2D eigenvalue weighted by Gasteiger charge is 2.45. The Morgan fingerprint density at radius 2 is 1.69 bits per heavy atom. The van der Waals surface area contributed by atoms with Gasteiger partial charge in [-0.1, -0.05) is 8.57 Å². The van der Waals surface area contributed by atoms with Gasteiger partial charge >= 0.3 is 26.8 Å². The molecular weight excluding hydrogens is 232 g/mol. The van der Waals surface area contributed by atoms with Crippen molar-refractivity contribution in [3.05, 3.63) is 0 Å². The second-order valence-electron chi connectivity index (χ2n) is 1.75. The van der Waals surface area contributed by atoms with E-state index >= 15 is 0 Å². The molecule has 0 aromatic rings. The molecule has 10 nitrogen and oxygen atoms in total. The molecule has 2 aliphatic heterocycles. The summed E-state index contributed by atoms with van der Waals surface area (Å²) in [6, 6.07) is -0.783. The Hall–Kier alpha value is -1.11. The van der Waals surface area contributed by atoms with Crippen LogP contribution in [-0.2, 0) is 37.8 Å². The lowest BCUT2D eigenvalue weighted by Gasteiger charge is -2.23. The largest absolute Gasteiger partial charge is 0.524 e. The Balaban J connectivity index is 2.08. The lowest BCUT2D eigenvalue weighted by atomic mass is 11.2. The van der Waals surface area contributed by atoms with E-state index < -0.39 is 26.8 Å². The monoisotopic (exact) mass is 232 g/mol. The molecule has 0 unspecified atom stereocenters. The first-order valence-corrected chi connectivity index (χ1v) is 5.20. The minimum absolute atomic E-state index is 0.125. The average Bonchev–Trinajstić information content (AvgIpc) is 2.25. The summed E-state index contributed by atoms with van der Waals surface area (Å²) in [6.07, 6.45) is 0. The molecule has 1 saturated heterocycles. The fourth-order valence-corrected chi connectivity index (χ4v) is 1.43. The second-order valence-corrected chi connectivity index (χ2v) is 4.00. The van der Waals surface area contributed by atoms with E-state index in [4.69, 9.17) is 0 Å². The van der Waals surface area contributed by atoms with Gasteiger partial charge in [0.15, 0.2) is 0 Å². The van der Waals surface area contributed by atoms with Crippen LogP contribution in [-0.4, -0.2) is 28.1 Å². The van der Waals surface area contributed by atoms with Crippen molar-refractivity contribution in [1.29, 1.82) is 0 Å². The minimum Gasteiger partial charge on any atom is -0.307 e. The first kappa shape index (κ1) is 8.49. The molecule has 0 N–H and O–H groups in total. The maximum atomic E-state index is 10.4. The van der Waals surface area contributed by atoms with Crippen molar-refractivity contribution in [3.63, 3.8) is 0 Å². The summed E-state index contributed by atoms with van der Waals surface area (Å²) in [4.78, 5) is 0. The fourth-order valence-electron chi connectivity index (χ4n) is 0.498. The van der Waals surface area contributed by atoms with E-state index in [0.717, 1.165) is 0 Å². The molecule has 0 amide bonds. The number of hydrogen-bond donors (Lipinski definition) is 0. The van der Waals surface area contributed by atoms with Gasteiger partial charge < -0.3 is 4.18 Å². The second kappa shape index (κ2) is 2.22. The molecule has 0 atom stereocenters. The summed E-state index contributed by atoms with van der Waals surface area (Å²) in [7, 11) is -8.34. The number of rotatable bonds is 0. The highest BCUT2D eigenvalue weighted by atomic mass is 32.3. The predicted molar refractivity (Wildman–Crippen MR) is 31.5 cm³/mol. The van der Waals surface area contributed by atoms with Crippen molar-refractivity contribution in [3.8, 4) is 0 Å². The van der Waals surface area contributed by atoms with Crippen LogP contribution in [0.3, 0.4) is 0 Å². The number of nitrogens with zero attached hydrogens (tertiary/aromatic N) is 2. The van der Waals surface area contributed by atoms with Crippen LogP contribution in [0.1, 0.15) is 0 Å². The summed E-state index contributed by atoms with van der Waals surface area (Å²) < 4.78 is 56.7. The van der Waals surface area contributed by atoms with Gasteiger partial charge in [-0.15, -0.1) is 8.42 Å². The van der Waals surface area contributed by atoms with Crippen molar-refractivity contribution in [1.82, 2.24) is 5.23 Å². The quantitative estimate of drug-likeness (QED) is 0.465. The van der Waals surface area contributed by atoms with Crippen LogP contribution in [0.5, 0.6) is 0 Å². The molecule has 2 rings (SSSR count). The van der Waals surface area contributed by atoms with Crippen molar-refractivity contribution >= 4 is 26.8 Å². The first-order chi connectivity index (χ1) is 5.88. The molecular formula is CN2O8S2. The van der Waals surface area contributed by atoms with Gasteiger partial charge in [-0.2, -0.15) is 8.42 Å². The third-order valence-corrected chi connectivity index (χ3v) is 2.10. The van der Waals surface area contributed by atoms with Crippen molar-refractivity contribution in [2.45, 2.75) is 0 Å². The SMILES string of the molecule is O=S1(=O)ON=C(N2OS(=O)(=O)O2)O1. The summed E-state index contributed by atoms with van der Waals surface area (Å²) in [5, 5.41) is 2.92. The zero-order valence-electron chi connectivity index (χ0n) is 5.48. The van der Waals surface area contributed by atoms with E-state index in [2.05, 4.69) is 22.2 Å². The summed E-state index contributed by atoms with van der Waals surface area (Å²) >= 11 is 0. The Morgan fingerprint density at radius 3 is 2.08 bits per heavy atom. The van der Waals surface area contributed by atoms with Gasteiger partial charge in [0, 0.05) is 5.16 Å². The Morgan fingerprint density at radius 1 is 1.08 bits per heavy atom. The van der Waals surface area contributed by atoms with Crippen molar-refractivity contribution in [2.75, 3.05) is 0 Å². The summed E-state index contributed by atoms with van der Waals surface area (Å²) in [5.41, 5.74) is 0. The maximum Gasteiger partial charge on any atom is 0.524 e. The fraction of sp³-hybridized carbons (Fsp3) is 0. The Labute approximate surface area is 71.8 Å². The molecule has 0 bridgehead atoms. The average molecular weight is 232 g/mol. The zero-order valence-corrected chi connectivity index (χ0v) is 7.11. The van der Waals surface area contributed by atoms with Gasteiger partial charge in [0.25, 0.3) is 0 Å². The van der Waals surface area contributed by atoms with Crippen LogP contribution >= 0.6 is 0 Å². The molecule has 2 aliphatic rings. The lowest BCUT2D eigenvalue weighted by molar-refractivity contribution is -0.276. The topological polar surface area (TPSA) is 121 Å². The lowest BCUT2D eigenvalue weighted by Crippen LogP contribution is -2.45. The van der Waals surface area contributed by atoms with Crippen LogP contribution in [0.25, 0.3) is 0 Å². The highest BCUT2D eigenvalue weighted by molar-refractivity contribution is 7.83. The van der Waals surface area contributed by atoms with Gasteiger partial charge in [0.2, 0.25) is 0 Å². The van der Waals surface area contributed by atoms with E-state index in [0.29, 0.717) is 0 Å². The van der Waals surface area contributed by atoms with Crippen LogP contribution in [0.2, 0.25) is 0 Å². The Kier molecular flexibility index (Phi) is 1.45. The number of hydrogen-bond acceptors (Lipinski definition) is 10. The van der Waals surface area contributed by atoms with Gasteiger partial charge in [-0.05, 0) is 5.23 Å². The van der Waals surface area contributed by atoms with E-state index in [-0.39, 0.29) is 5.23 Å². The molecule has 74 valence electrons. The van der Waals surface area contributed by atoms with Crippen LogP contribution in [0.15, 0.2) is 5.16 Å². The molecule has 0 aromatic carbocycles. The van der Waals surface area contributed by atoms with E-state index in [1.165, 1.54) is 0 Å². The summed E-state index contributed by atoms with van der Waals surface area (Å²) in [5.74, 6) is 0. The number of hydroxylamine groups is 2. The standard InChI is InChI=1S/CN2O8S2/c4-12(5)8-1(2-9-12)3-10-13(6,7)11-3. The van der Waals surface area contributed by atoms with Gasteiger partial charge in [-0.25, -0.2) is 4.28 Å². The zero-order chi connectivity index (χ0) is 9.69. The van der Waals surface area contributed by atoms with E-state index in [9.17, 15) is 16.8 Å². The van der Waals surface area contributed by atoms with Crippen molar-refractivity contribution < 1.29 is 33.9 Å². The number of amidine groups is 1. The van der Waals surface area contributed by atoms with Crippen LogP contribution in [0, 0.1) is 0 Å². The van der Waals surface area contributed by atoms with Crippen LogP contribution < -0.4 is 0 Å². The van der Waals surface area contributed by atoms with Gasteiger partial charge in [-0.3, -0.25) is 0 Å². The highest BCUT2D eigenvalue weighted by Crippen LogP contribution is 2.21. The minimum atomic E-state index is -4.25. The van der Waals surface area contributed by atoms with Crippen molar-refractivity contribution in [2.24, 2.45) is 5.16 Å². The third-order valence-electron chi connectivity index (χ3n) is 0.857. The maximum absolute atomic E-state index is 10.4. The molecule has 1 fully saturated rings. The predicted octanol–water partition coefficient (Wildman–Crippen LogP) is -2.03. The number of oxime groups is 1. The smallest absolute Gasteiger partial charge is 0.307 e. The first-order valence-electron chi connectivity index (χ1n) is 2.53. The third kappa shape index (κ3) is 1.51. The molecule has 0 spiro atoms. The summed E-state index contributed by atoms with van der Waals surface area (Å²) in [6.45, 7) is 0. The molecule has 13 heavy (non-hydrogen) atoms. The normalized spacial score (nSPS) is 28.3. The molecule has 12 heteroatoms.